The van der Waals surface area contributed by atoms with Crippen LogP contribution in [0.2, 0.25) is 0 Å². The molecule has 1 unspecified atom stereocenters. The predicted molar refractivity (Wildman–Crippen MR) is 125 cm³/mol. The highest BCUT2D eigenvalue weighted by atomic mass is 19.4. The van der Waals surface area contributed by atoms with Crippen LogP contribution in [0.1, 0.15) is 71.8 Å². The molecule has 36 heavy (non-hydrogen) atoms. The Morgan fingerprint density at radius 3 is 2.56 bits per heavy atom. The van der Waals surface area contributed by atoms with E-state index in [1.165, 1.54) is 24.0 Å². The minimum atomic E-state index is -4.58. The fourth-order valence-electron chi connectivity index (χ4n) is 3.61. The lowest BCUT2D eigenvalue weighted by Gasteiger charge is -2.14. The van der Waals surface area contributed by atoms with Crippen molar-refractivity contribution in [1.82, 2.24) is 39.7 Å². The number of halogens is 3. The Balaban J connectivity index is 1.61. The van der Waals surface area contributed by atoms with Gasteiger partial charge in [-0.3, -0.25) is 19.3 Å². The number of amides is 2. The molecule has 0 aliphatic rings. The smallest absolute Gasteiger partial charge is 0.351 e. The Labute approximate surface area is 206 Å². The van der Waals surface area contributed by atoms with E-state index in [0.717, 1.165) is 10.7 Å². The number of aromatic nitrogens is 6. The lowest BCUT2D eigenvalue weighted by Crippen LogP contribution is -2.25. The van der Waals surface area contributed by atoms with E-state index in [1.54, 1.807) is 24.3 Å². The second kappa shape index (κ2) is 11.3. The fourth-order valence-corrected chi connectivity index (χ4v) is 3.61. The first-order chi connectivity index (χ1) is 17.1. The van der Waals surface area contributed by atoms with Gasteiger partial charge in [-0.15, -0.1) is 0 Å². The Bertz CT molecular complexity index is 1200. The third-order valence-corrected chi connectivity index (χ3v) is 5.74. The SMILES string of the molecule is CCN(C)C(=O)c1cnn(-c2nccnc2C(C)CCCNC(=O)c2cc(C(F)(F)F)n(CC)n2)c1. The molecule has 0 saturated carbocycles. The van der Waals surface area contributed by atoms with Crippen molar-refractivity contribution in [1.29, 1.82) is 0 Å². The van der Waals surface area contributed by atoms with Crippen molar-refractivity contribution in [2.24, 2.45) is 0 Å². The van der Waals surface area contributed by atoms with E-state index in [9.17, 15) is 22.8 Å². The van der Waals surface area contributed by atoms with Crippen LogP contribution in [0, 0.1) is 0 Å². The Morgan fingerprint density at radius 2 is 1.92 bits per heavy atom. The predicted octanol–water partition coefficient (Wildman–Crippen LogP) is 3.30. The average molecular weight is 507 g/mol. The molecule has 0 radical (unpaired) electrons. The van der Waals surface area contributed by atoms with Gasteiger partial charge in [0.2, 0.25) is 0 Å². The highest BCUT2D eigenvalue weighted by Crippen LogP contribution is 2.30. The van der Waals surface area contributed by atoms with Gasteiger partial charge < -0.3 is 10.2 Å². The van der Waals surface area contributed by atoms with E-state index in [1.807, 2.05) is 13.8 Å². The van der Waals surface area contributed by atoms with E-state index in [4.69, 9.17) is 0 Å². The number of alkyl halides is 3. The summed E-state index contributed by atoms with van der Waals surface area (Å²) in [6, 6.07) is 0.759. The van der Waals surface area contributed by atoms with E-state index >= 15 is 0 Å². The molecule has 0 aliphatic heterocycles. The van der Waals surface area contributed by atoms with Gasteiger partial charge in [-0.2, -0.15) is 23.4 Å². The highest BCUT2D eigenvalue weighted by molar-refractivity contribution is 5.93. The van der Waals surface area contributed by atoms with Crippen LogP contribution in [0.3, 0.4) is 0 Å². The van der Waals surface area contributed by atoms with Crippen LogP contribution in [-0.2, 0) is 12.7 Å². The summed E-state index contributed by atoms with van der Waals surface area (Å²) in [6.45, 7) is 6.18. The molecular weight excluding hydrogens is 477 g/mol. The summed E-state index contributed by atoms with van der Waals surface area (Å²) in [7, 11) is 1.71. The first kappa shape index (κ1) is 26.8. The van der Waals surface area contributed by atoms with Gasteiger partial charge in [-0.05, 0) is 26.7 Å². The maximum atomic E-state index is 13.1. The molecule has 13 heteroatoms. The molecule has 0 aromatic carbocycles. The zero-order valence-corrected chi connectivity index (χ0v) is 20.6. The molecule has 3 rings (SSSR count). The molecule has 1 N–H and O–H groups in total. The van der Waals surface area contributed by atoms with Crippen LogP contribution in [0.4, 0.5) is 13.2 Å². The zero-order valence-electron chi connectivity index (χ0n) is 20.6. The number of hydrogen-bond acceptors (Lipinski definition) is 6. The van der Waals surface area contributed by atoms with Gasteiger partial charge in [-0.1, -0.05) is 6.92 Å². The summed E-state index contributed by atoms with van der Waals surface area (Å²) < 4.78 is 41.5. The van der Waals surface area contributed by atoms with Gasteiger partial charge in [0.15, 0.2) is 11.5 Å². The topological polar surface area (TPSA) is 111 Å². The summed E-state index contributed by atoms with van der Waals surface area (Å²) in [4.78, 5) is 35.1. The Kier molecular flexibility index (Phi) is 8.43. The summed E-state index contributed by atoms with van der Waals surface area (Å²) in [6.07, 6.45) is 2.79. The van der Waals surface area contributed by atoms with Crippen molar-refractivity contribution in [2.45, 2.75) is 52.3 Å². The fraction of sp³-hybridized carbons (Fsp3) is 0.478. The summed E-state index contributed by atoms with van der Waals surface area (Å²) in [5.74, 6) is -0.379. The number of carbonyl (C=O) groups excluding carboxylic acids is 2. The largest absolute Gasteiger partial charge is 0.433 e. The van der Waals surface area contributed by atoms with E-state index in [-0.39, 0.29) is 30.6 Å². The van der Waals surface area contributed by atoms with Crippen LogP contribution < -0.4 is 5.32 Å². The van der Waals surface area contributed by atoms with Gasteiger partial charge in [0, 0.05) is 57.3 Å². The molecule has 0 spiro atoms. The van der Waals surface area contributed by atoms with Gasteiger partial charge in [0.1, 0.15) is 5.69 Å². The molecule has 10 nitrogen and oxygen atoms in total. The van der Waals surface area contributed by atoms with Gasteiger partial charge in [0.05, 0.1) is 17.5 Å². The average Bonchev–Trinajstić information content (AvgIpc) is 3.53. The van der Waals surface area contributed by atoms with Gasteiger partial charge in [0.25, 0.3) is 11.8 Å². The highest BCUT2D eigenvalue weighted by Gasteiger charge is 2.36. The normalized spacial score (nSPS) is 12.4. The van der Waals surface area contributed by atoms with Crippen molar-refractivity contribution in [3.63, 3.8) is 0 Å². The van der Waals surface area contributed by atoms with E-state index in [2.05, 4.69) is 25.5 Å². The summed E-state index contributed by atoms with van der Waals surface area (Å²) in [5.41, 5.74) is -0.119. The molecular formula is C23H29F3N8O2. The molecule has 0 saturated heterocycles. The number of hydrogen-bond donors (Lipinski definition) is 1. The molecule has 2 amide bonds. The monoisotopic (exact) mass is 506 g/mol. The number of carbonyl (C=O) groups is 2. The molecule has 3 aromatic heterocycles. The maximum Gasteiger partial charge on any atom is 0.433 e. The first-order valence-corrected chi connectivity index (χ1v) is 11.6. The van der Waals surface area contributed by atoms with Gasteiger partial charge >= 0.3 is 6.18 Å². The lowest BCUT2D eigenvalue weighted by atomic mass is 10.0. The van der Waals surface area contributed by atoms with Gasteiger partial charge in [-0.25, -0.2) is 9.67 Å². The molecule has 3 aromatic rings. The number of rotatable bonds is 10. The first-order valence-electron chi connectivity index (χ1n) is 11.6. The van der Waals surface area contributed by atoms with Crippen LogP contribution in [-0.4, -0.2) is 66.4 Å². The molecule has 0 fully saturated rings. The second-order valence-corrected chi connectivity index (χ2v) is 8.29. The van der Waals surface area contributed by atoms with Crippen molar-refractivity contribution in [2.75, 3.05) is 20.1 Å². The van der Waals surface area contributed by atoms with E-state index in [0.29, 0.717) is 36.5 Å². The second-order valence-electron chi connectivity index (χ2n) is 8.29. The third kappa shape index (κ3) is 6.07. The zero-order chi connectivity index (χ0) is 26.5. The molecule has 0 bridgehead atoms. The van der Waals surface area contributed by atoms with Crippen LogP contribution in [0.5, 0.6) is 0 Å². The summed E-state index contributed by atoms with van der Waals surface area (Å²) >= 11 is 0. The maximum absolute atomic E-state index is 13.1. The number of nitrogens with one attached hydrogen (secondary N) is 1. The van der Waals surface area contributed by atoms with Crippen molar-refractivity contribution in [3.8, 4) is 5.82 Å². The van der Waals surface area contributed by atoms with Crippen LogP contribution >= 0.6 is 0 Å². The van der Waals surface area contributed by atoms with Crippen molar-refractivity contribution < 1.29 is 22.8 Å². The quantitative estimate of drug-likeness (QED) is 0.423. The van der Waals surface area contributed by atoms with Crippen LogP contribution in [0.25, 0.3) is 5.82 Å². The molecule has 3 heterocycles. The van der Waals surface area contributed by atoms with Crippen LogP contribution in [0.15, 0.2) is 30.9 Å². The minimum absolute atomic E-state index is 0.00128. The standard InChI is InChI=1S/C23H29F3N8O2/c1-5-32(4)22(36)16-13-30-34(14-16)20-19(27-10-11-28-20)15(3)8-7-9-29-21(35)17-12-18(23(24,25)26)33(6-2)31-17/h10-15H,5-9H2,1-4H3,(H,29,35). The molecule has 194 valence electrons. The molecule has 1 atom stereocenters. The minimum Gasteiger partial charge on any atom is -0.351 e. The van der Waals surface area contributed by atoms with Crippen molar-refractivity contribution in [3.05, 3.63) is 53.5 Å². The Hall–Kier alpha value is -3.77. The summed E-state index contributed by atoms with van der Waals surface area (Å²) in [5, 5.41) is 10.7. The Morgan fingerprint density at radius 1 is 1.19 bits per heavy atom. The van der Waals surface area contributed by atoms with E-state index < -0.39 is 17.8 Å². The van der Waals surface area contributed by atoms with Crippen molar-refractivity contribution >= 4 is 11.8 Å². The number of aryl methyl sites for hydroxylation is 1. The third-order valence-electron chi connectivity index (χ3n) is 5.74. The number of nitrogens with zero attached hydrogens (tertiary/aromatic N) is 7. The molecule has 0 aliphatic carbocycles. The lowest BCUT2D eigenvalue weighted by molar-refractivity contribution is -0.144.